The van der Waals surface area contributed by atoms with Gasteiger partial charge in [-0.15, -0.1) is 0 Å². The number of para-hydroxylation sites is 1. The molecule has 4 nitrogen and oxygen atoms in total. The summed E-state index contributed by atoms with van der Waals surface area (Å²) in [6, 6.07) is 13.9. The lowest BCUT2D eigenvalue weighted by molar-refractivity contribution is 0.0742. The molecule has 0 aliphatic heterocycles. The first kappa shape index (κ1) is 11.2. The minimum absolute atomic E-state index is 0.0981. The lowest BCUT2D eigenvalue weighted by Crippen LogP contribution is -2.05. The maximum absolute atomic E-state index is 11.2. The van der Waals surface area contributed by atoms with Crippen molar-refractivity contribution in [1.82, 2.24) is 4.98 Å². The molecule has 1 aromatic carbocycles. The first-order chi connectivity index (χ1) is 8.29. The maximum Gasteiger partial charge on any atom is 0.378 e. The molecule has 1 aromatic heterocycles. The van der Waals surface area contributed by atoms with Crippen LogP contribution in [0.3, 0.4) is 0 Å². The zero-order valence-electron chi connectivity index (χ0n) is 8.87. The van der Waals surface area contributed by atoms with E-state index in [0.717, 1.165) is 0 Å². The van der Waals surface area contributed by atoms with Crippen molar-refractivity contribution in [2.24, 2.45) is 0 Å². The monoisotopic (exact) mass is 225 g/mol. The van der Waals surface area contributed by atoms with E-state index >= 15 is 0 Å². The summed E-state index contributed by atoms with van der Waals surface area (Å²) < 4.78 is 9.54. The van der Waals surface area contributed by atoms with E-state index < -0.39 is 5.97 Å². The van der Waals surface area contributed by atoms with Gasteiger partial charge in [0.1, 0.15) is 5.75 Å². The molecule has 2 aromatic rings. The summed E-state index contributed by atoms with van der Waals surface area (Å²) >= 11 is 0. The van der Waals surface area contributed by atoms with Gasteiger partial charge in [-0.1, -0.05) is 24.3 Å². The van der Waals surface area contributed by atoms with Gasteiger partial charge in [-0.2, -0.15) is 0 Å². The summed E-state index contributed by atoms with van der Waals surface area (Å²) in [6.07, 6.45) is 0. The molecule has 0 atom stereocenters. The van der Waals surface area contributed by atoms with Gasteiger partial charge in [0, 0.05) is 6.07 Å². The third-order valence-electron chi connectivity index (χ3n) is 2.01. The van der Waals surface area contributed by atoms with Crippen molar-refractivity contribution in [2.75, 3.05) is 0 Å². The quantitative estimate of drug-likeness (QED) is 0.750. The molecule has 2 rings (SSSR count). The number of aromatic nitrogens is 1. The number of benzene rings is 1. The van der Waals surface area contributed by atoms with Crippen LogP contribution in [0.1, 0.15) is 10.5 Å². The number of carbonyl (C=O) groups is 1. The van der Waals surface area contributed by atoms with Crippen molar-refractivity contribution >= 4 is 14.0 Å². The fourth-order valence-corrected chi connectivity index (χ4v) is 1.26. The van der Waals surface area contributed by atoms with Crippen LogP contribution in [0.5, 0.6) is 11.6 Å². The molecule has 0 spiro atoms. The van der Waals surface area contributed by atoms with Crippen LogP contribution >= 0.6 is 0 Å². The maximum atomic E-state index is 11.2. The second kappa shape index (κ2) is 5.16. The highest BCUT2D eigenvalue weighted by atomic mass is 16.5. The molecule has 0 amide bonds. The van der Waals surface area contributed by atoms with Crippen molar-refractivity contribution in [1.29, 1.82) is 0 Å². The minimum Gasteiger partial charge on any atom is -0.539 e. The van der Waals surface area contributed by atoms with E-state index in [1.807, 2.05) is 18.2 Å². The Morgan fingerprint density at radius 3 is 2.53 bits per heavy atom. The number of hydrogen-bond donors (Lipinski definition) is 0. The average Bonchev–Trinajstić information content (AvgIpc) is 2.39. The summed E-state index contributed by atoms with van der Waals surface area (Å²) in [7, 11) is 4.78. The molecule has 0 aliphatic carbocycles. The SMILES string of the molecule is [B]OC(=O)c1cccc(Oc2ccccc2)n1. The molecule has 0 aliphatic rings. The number of hydrogen-bond acceptors (Lipinski definition) is 4. The van der Waals surface area contributed by atoms with Gasteiger partial charge in [0.25, 0.3) is 0 Å². The predicted octanol–water partition coefficient (Wildman–Crippen LogP) is 2.11. The van der Waals surface area contributed by atoms with Gasteiger partial charge in [-0.05, 0) is 18.2 Å². The number of rotatable bonds is 3. The lowest BCUT2D eigenvalue weighted by Gasteiger charge is -2.05. The topological polar surface area (TPSA) is 48.4 Å². The van der Waals surface area contributed by atoms with Crippen LogP contribution in [0.25, 0.3) is 0 Å². The molecule has 82 valence electrons. The van der Waals surface area contributed by atoms with Crippen molar-refractivity contribution in [3.8, 4) is 11.6 Å². The van der Waals surface area contributed by atoms with Gasteiger partial charge in [0.05, 0.1) is 0 Å². The van der Waals surface area contributed by atoms with Gasteiger partial charge in [-0.3, -0.25) is 0 Å². The summed E-state index contributed by atoms with van der Waals surface area (Å²) in [4.78, 5) is 15.1. The van der Waals surface area contributed by atoms with Gasteiger partial charge in [0.2, 0.25) is 5.88 Å². The smallest absolute Gasteiger partial charge is 0.378 e. The van der Waals surface area contributed by atoms with E-state index in [4.69, 9.17) is 12.8 Å². The van der Waals surface area contributed by atoms with Crippen molar-refractivity contribution in [3.05, 3.63) is 54.2 Å². The number of carbonyl (C=O) groups excluding carboxylic acids is 1. The second-order valence-electron chi connectivity index (χ2n) is 3.18. The Balaban J connectivity index is 2.20. The highest BCUT2D eigenvalue weighted by Gasteiger charge is 2.07. The molecule has 0 saturated carbocycles. The number of ether oxygens (including phenoxy) is 1. The summed E-state index contributed by atoms with van der Waals surface area (Å²) in [6.45, 7) is 0. The zero-order chi connectivity index (χ0) is 12.1. The lowest BCUT2D eigenvalue weighted by atomic mass is 10.3. The van der Waals surface area contributed by atoms with Crippen LogP contribution in [0.2, 0.25) is 0 Å². The van der Waals surface area contributed by atoms with E-state index in [2.05, 4.69) is 9.64 Å². The number of pyridine rings is 1. The molecule has 0 bridgehead atoms. The second-order valence-corrected chi connectivity index (χ2v) is 3.18. The van der Waals surface area contributed by atoms with E-state index in [-0.39, 0.29) is 5.69 Å². The summed E-state index contributed by atoms with van der Waals surface area (Å²) in [5, 5.41) is 0. The van der Waals surface area contributed by atoms with E-state index in [1.54, 1.807) is 24.3 Å². The molecule has 2 radical (unpaired) electrons. The first-order valence-electron chi connectivity index (χ1n) is 4.90. The Morgan fingerprint density at radius 2 is 1.82 bits per heavy atom. The zero-order valence-corrected chi connectivity index (χ0v) is 8.87. The Labute approximate surface area is 99.6 Å². The molecule has 0 N–H and O–H groups in total. The Kier molecular flexibility index (Phi) is 3.40. The molecular weight excluding hydrogens is 217 g/mol. The molecule has 0 fully saturated rings. The third-order valence-corrected chi connectivity index (χ3v) is 2.01. The molecule has 0 saturated heterocycles. The van der Waals surface area contributed by atoms with Crippen molar-refractivity contribution in [2.45, 2.75) is 0 Å². The number of nitrogens with zero attached hydrogens (tertiary/aromatic N) is 1. The molecule has 5 heteroatoms. The highest BCUT2D eigenvalue weighted by molar-refractivity contribution is 6.08. The van der Waals surface area contributed by atoms with Gasteiger partial charge < -0.3 is 9.39 Å². The third kappa shape index (κ3) is 2.84. The van der Waals surface area contributed by atoms with Crippen LogP contribution in [0, 0.1) is 0 Å². The van der Waals surface area contributed by atoms with Crippen LogP contribution in [0.15, 0.2) is 48.5 Å². The summed E-state index contributed by atoms with van der Waals surface area (Å²) in [5.41, 5.74) is 0.0981. The van der Waals surface area contributed by atoms with Crippen LogP contribution in [-0.2, 0) is 4.65 Å². The Bertz CT molecular complexity index is 516. The largest absolute Gasteiger partial charge is 0.539 e. The fraction of sp³-hybridized carbons (Fsp3) is 0. The van der Waals surface area contributed by atoms with Crippen LogP contribution in [0.4, 0.5) is 0 Å². The molecule has 17 heavy (non-hydrogen) atoms. The van der Waals surface area contributed by atoms with E-state index in [0.29, 0.717) is 11.6 Å². The van der Waals surface area contributed by atoms with Gasteiger partial charge >= 0.3 is 14.0 Å². The van der Waals surface area contributed by atoms with Gasteiger partial charge in [-0.25, -0.2) is 9.78 Å². The van der Waals surface area contributed by atoms with Crippen LogP contribution < -0.4 is 4.74 Å². The fourth-order valence-electron chi connectivity index (χ4n) is 1.26. The normalized spacial score (nSPS) is 9.65. The average molecular weight is 225 g/mol. The van der Waals surface area contributed by atoms with E-state index in [1.165, 1.54) is 6.07 Å². The van der Waals surface area contributed by atoms with E-state index in [9.17, 15) is 4.79 Å². The van der Waals surface area contributed by atoms with Crippen molar-refractivity contribution < 1.29 is 14.2 Å². The predicted molar refractivity (Wildman–Crippen MR) is 61.9 cm³/mol. The highest BCUT2D eigenvalue weighted by Crippen LogP contribution is 2.18. The summed E-state index contributed by atoms with van der Waals surface area (Å²) in [5.74, 6) is 0.237. The molecular formula is C12H8BNO3. The van der Waals surface area contributed by atoms with Gasteiger partial charge in [0.15, 0.2) is 5.69 Å². The Morgan fingerprint density at radius 1 is 1.06 bits per heavy atom. The minimum atomic E-state index is -0.705. The Hall–Kier alpha value is -2.30. The van der Waals surface area contributed by atoms with Crippen molar-refractivity contribution in [3.63, 3.8) is 0 Å². The molecule has 1 heterocycles. The first-order valence-corrected chi connectivity index (χ1v) is 4.90. The van der Waals surface area contributed by atoms with Crippen LogP contribution in [-0.4, -0.2) is 19.0 Å². The standard InChI is InChI=1S/C12H8BNO3/c13-17-12(15)10-7-4-8-11(14-10)16-9-5-2-1-3-6-9/h1-8H. The molecule has 0 unspecified atom stereocenters.